The van der Waals surface area contributed by atoms with Crippen molar-refractivity contribution in [2.24, 2.45) is 11.3 Å². The van der Waals surface area contributed by atoms with Gasteiger partial charge in [-0.3, -0.25) is 0 Å². The fourth-order valence-electron chi connectivity index (χ4n) is 0. The van der Waals surface area contributed by atoms with Crippen molar-refractivity contribution in [2.45, 2.75) is 42.0 Å². The molecule has 0 saturated carbocycles. The molecule has 0 radical (unpaired) electrons. The monoisotopic (exact) mass is 117 g/mol. The lowest BCUT2D eigenvalue weighted by Crippen LogP contribution is -2.12. The van der Waals surface area contributed by atoms with Gasteiger partial charge < -0.3 is 0 Å². The molecule has 0 amide bonds. The second kappa shape index (κ2) is 3.11. The van der Waals surface area contributed by atoms with Crippen LogP contribution in [-0.4, -0.2) is 0 Å². The minimum absolute atomic E-state index is 0. The number of rotatable bonds is 0. The van der Waals surface area contributed by atoms with E-state index < -0.39 is 0 Å². The molecule has 8 heavy (non-hydrogen) atoms. The molecule has 0 aromatic rings. The Bertz CT molecular complexity index is 59.5. The first-order valence-electron chi connectivity index (χ1n) is 3.25. The van der Waals surface area contributed by atoms with Gasteiger partial charge in [-0.05, 0) is 11.3 Å². The highest BCUT2D eigenvalue weighted by Crippen LogP contribution is 2.23. The van der Waals surface area contributed by atoms with Crippen molar-refractivity contribution in [3.05, 3.63) is 0 Å². The summed E-state index contributed by atoms with van der Waals surface area (Å²) >= 11 is 0. The summed E-state index contributed by atoms with van der Waals surface area (Å²) in [4.78, 5) is 0. The summed E-state index contributed by atoms with van der Waals surface area (Å²) in [5, 5.41) is 0. The highest BCUT2D eigenvalue weighted by atomic mass is 14.2. The molecule has 0 heterocycles. The molecule has 0 nitrogen and oxygen atoms in total. The maximum Gasteiger partial charge on any atom is 0.0302 e. The highest BCUT2D eigenvalue weighted by Gasteiger charge is 2.13. The average molecular weight is 117 g/mol. The van der Waals surface area contributed by atoms with E-state index in [1.165, 1.54) is 0 Å². The van der Waals surface area contributed by atoms with Crippen LogP contribution in [0.1, 0.15) is 43.4 Å². The molecule has 0 aromatic carbocycles. The number of hydrogen-bond donors (Lipinski definition) is 0. The zero-order chi connectivity index (χ0) is 7.00. The van der Waals surface area contributed by atoms with Gasteiger partial charge in [-0.1, -0.05) is 42.0 Å². The van der Waals surface area contributed by atoms with E-state index in [0.717, 1.165) is 0 Å². The van der Waals surface area contributed by atoms with Crippen molar-refractivity contribution < 1.29 is 1.37 Å². The first-order valence-corrected chi connectivity index (χ1v) is 2.75. The molecule has 0 fully saturated rings. The molecule has 0 spiro atoms. The van der Waals surface area contributed by atoms with Crippen molar-refractivity contribution in [1.29, 1.82) is 0 Å². The fourth-order valence-corrected chi connectivity index (χ4v) is 0. The summed E-state index contributed by atoms with van der Waals surface area (Å²) in [7, 11) is 0. The van der Waals surface area contributed by atoms with Gasteiger partial charge in [-0.2, -0.15) is 0 Å². The smallest absolute Gasteiger partial charge is 0.0302 e. The van der Waals surface area contributed by atoms with Crippen LogP contribution in [0, 0.1) is 11.3 Å². The van der Waals surface area contributed by atoms with Crippen LogP contribution < -0.4 is 0 Å². The quantitative estimate of drug-likeness (QED) is 0.456. The van der Waals surface area contributed by atoms with Crippen LogP contribution in [-0.2, 0) is 0 Å². The molecule has 0 unspecified atom stereocenters. The second-order valence-electron chi connectivity index (χ2n) is 3.25. The molecule has 0 atom stereocenters. The summed E-state index contributed by atoms with van der Waals surface area (Å²) < 4.78 is 7.58. The molecule has 0 N–H and O–H groups in total. The Hall–Kier alpha value is 0. The zero-order valence-electron chi connectivity index (χ0n) is 7.00. The standard InChI is InChI=1S/C7H16.CH4/c1-6(2)7(3,4)5;/h6H,1-5H3;1H4/i6D;. The lowest BCUT2D eigenvalue weighted by atomic mass is 9.84. The average Bonchev–Trinajstić information content (AvgIpc) is 1.25. The van der Waals surface area contributed by atoms with Crippen molar-refractivity contribution in [3.63, 3.8) is 0 Å². The van der Waals surface area contributed by atoms with Gasteiger partial charge in [-0.25, -0.2) is 0 Å². The Morgan fingerprint density at radius 3 is 1.38 bits per heavy atom. The van der Waals surface area contributed by atoms with Gasteiger partial charge in [0.1, 0.15) is 0 Å². The van der Waals surface area contributed by atoms with Gasteiger partial charge in [0.15, 0.2) is 0 Å². The summed E-state index contributed by atoms with van der Waals surface area (Å²) in [6.45, 7) is 10.1. The third kappa shape index (κ3) is 4.17. The van der Waals surface area contributed by atoms with E-state index in [9.17, 15) is 0 Å². The molecule has 0 rings (SSSR count). The molecule has 0 saturated heterocycles. The maximum atomic E-state index is 7.58. The number of hydrogen-bond acceptors (Lipinski definition) is 0. The van der Waals surface area contributed by atoms with E-state index in [0.29, 0.717) is 0 Å². The zero-order valence-corrected chi connectivity index (χ0v) is 6.00. The molecule has 52 valence electrons. The van der Waals surface area contributed by atoms with Crippen LogP contribution in [0.2, 0.25) is 0 Å². The topological polar surface area (TPSA) is 0 Å². The lowest BCUT2D eigenvalue weighted by Gasteiger charge is -2.22. The predicted molar refractivity (Wildman–Crippen MR) is 41.0 cm³/mol. The Morgan fingerprint density at radius 1 is 1.25 bits per heavy atom. The highest BCUT2D eigenvalue weighted by molar-refractivity contribution is 4.64. The molecule has 0 aliphatic rings. The summed E-state index contributed by atoms with van der Waals surface area (Å²) in [5.74, 6) is -0.312. The lowest BCUT2D eigenvalue weighted by molar-refractivity contribution is 0.283. The molecule has 0 heteroatoms. The van der Waals surface area contributed by atoms with Crippen LogP contribution in [0.25, 0.3) is 0 Å². The third-order valence-corrected chi connectivity index (χ3v) is 1.50. The first-order chi connectivity index (χ1) is 3.25. The van der Waals surface area contributed by atoms with E-state index in [1.54, 1.807) is 0 Å². The summed E-state index contributed by atoms with van der Waals surface area (Å²) in [5.41, 5.74) is 0.104. The van der Waals surface area contributed by atoms with Crippen molar-refractivity contribution in [1.82, 2.24) is 0 Å². The van der Waals surface area contributed by atoms with Crippen molar-refractivity contribution in [2.75, 3.05) is 0 Å². The van der Waals surface area contributed by atoms with E-state index >= 15 is 0 Å². The first kappa shape index (κ1) is 8.00. The normalized spacial score (nSPS) is 14.4. The van der Waals surface area contributed by atoms with Crippen LogP contribution in [0.15, 0.2) is 0 Å². The minimum atomic E-state index is -0.312. The van der Waals surface area contributed by atoms with Gasteiger partial charge in [0.2, 0.25) is 0 Å². The van der Waals surface area contributed by atoms with Crippen LogP contribution in [0.4, 0.5) is 0 Å². The molecular weight excluding hydrogens is 96.1 g/mol. The molecular formula is C8H20. The Morgan fingerprint density at radius 2 is 1.38 bits per heavy atom. The van der Waals surface area contributed by atoms with Gasteiger partial charge >= 0.3 is 0 Å². The van der Waals surface area contributed by atoms with E-state index in [4.69, 9.17) is 1.37 Å². The predicted octanol–water partition coefficient (Wildman–Crippen LogP) is 3.32. The van der Waals surface area contributed by atoms with Gasteiger partial charge in [-0.15, -0.1) is 0 Å². The van der Waals surface area contributed by atoms with Crippen LogP contribution >= 0.6 is 0 Å². The summed E-state index contributed by atoms with van der Waals surface area (Å²) in [6, 6.07) is 0. The van der Waals surface area contributed by atoms with Gasteiger partial charge in [0, 0.05) is 1.37 Å². The molecule has 0 aliphatic carbocycles. The molecule has 0 aliphatic heterocycles. The maximum absolute atomic E-state index is 7.58. The molecule has 0 aromatic heterocycles. The van der Waals surface area contributed by atoms with Gasteiger partial charge in [0.05, 0.1) is 0 Å². The van der Waals surface area contributed by atoms with E-state index in [1.807, 2.05) is 13.8 Å². The Kier molecular flexibility index (Phi) is 3.11. The van der Waals surface area contributed by atoms with Crippen molar-refractivity contribution in [3.8, 4) is 0 Å². The Balaban J connectivity index is 0. The fraction of sp³-hybridized carbons (Fsp3) is 1.00. The van der Waals surface area contributed by atoms with Crippen LogP contribution in [0.5, 0.6) is 0 Å². The van der Waals surface area contributed by atoms with Crippen LogP contribution in [0.3, 0.4) is 0 Å². The van der Waals surface area contributed by atoms with Gasteiger partial charge in [0.25, 0.3) is 0 Å². The summed E-state index contributed by atoms with van der Waals surface area (Å²) in [6.07, 6.45) is 0. The third-order valence-electron chi connectivity index (χ3n) is 1.50. The molecule has 0 bridgehead atoms. The Labute approximate surface area is 55.7 Å². The van der Waals surface area contributed by atoms with E-state index in [2.05, 4.69) is 20.8 Å². The SMILES string of the molecule is C.[2H]C(C)(C)C(C)(C)C. The van der Waals surface area contributed by atoms with Crippen molar-refractivity contribution >= 4 is 0 Å². The van der Waals surface area contributed by atoms with E-state index in [-0.39, 0.29) is 18.7 Å². The minimum Gasteiger partial charge on any atom is -0.0776 e. The second-order valence-corrected chi connectivity index (χ2v) is 3.25. The largest absolute Gasteiger partial charge is 0.0776 e.